The number of likely N-dealkylation sites (N-methyl/N-ethyl adjacent to an activating group) is 1. The van der Waals surface area contributed by atoms with Crippen LogP contribution in [0.5, 0.6) is 11.5 Å². The van der Waals surface area contributed by atoms with Crippen molar-refractivity contribution in [1.29, 1.82) is 0 Å². The van der Waals surface area contributed by atoms with E-state index >= 15 is 0 Å². The molecule has 5 heteroatoms. The Balaban J connectivity index is 1.77. The molecule has 5 nitrogen and oxygen atoms in total. The highest BCUT2D eigenvalue weighted by Gasteiger charge is 2.64. The van der Waals surface area contributed by atoms with Crippen LogP contribution in [0.25, 0.3) is 0 Å². The van der Waals surface area contributed by atoms with Crippen molar-refractivity contribution < 1.29 is 20.1 Å². The van der Waals surface area contributed by atoms with Gasteiger partial charge in [0.25, 0.3) is 0 Å². The molecule has 5 atom stereocenters. The van der Waals surface area contributed by atoms with Crippen LogP contribution in [0.1, 0.15) is 29.5 Å². The van der Waals surface area contributed by atoms with Crippen molar-refractivity contribution in [2.45, 2.75) is 49.3 Å². The number of ether oxygens (including phenoxy) is 1. The molecule has 0 saturated carbocycles. The quantitative estimate of drug-likeness (QED) is 0.818. The van der Waals surface area contributed by atoms with Crippen LogP contribution < -0.4 is 4.74 Å². The maximum atomic E-state index is 11.0. The van der Waals surface area contributed by atoms with Gasteiger partial charge in [0.1, 0.15) is 12.2 Å². The molecule has 0 aromatic heterocycles. The minimum atomic E-state index is -0.650. The van der Waals surface area contributed by atoms with Gasteiger partial charge in [0, 0.05) is 22.9 Å². The summed E-state index contributed by atoms with van der Waals surface area (Å²) in [4.78, 5) is 2.42. The molecule has 25 heavy (non-hydrogen) atoms. The number of benzene rings is 1. The molecule has 1 fully saturated rings. The van der Waals surface area contributed by atoms with E-state index in [0.717, 1.165) is 30.5 Å². The van der Waals surface area contributed by atoms with Crippen LogP contribution in [0.3, 0.4) is 0 Å². The molecule has 1 aromatic rings. The van der Waals surface area contributed by atoms with Gasteiger partial charge < -0.3 is 19.8 Å². The Kier molecular flexibility index (Phi) is 3.28. The lowest BCUT2D eigenvalue weighted by Gasteiger charge is -2.56. The van der Waals surface area contributed by atoms with Crippen molar-refractivity contribution in [2.24, 2.45) is 5.92 Å². The van der Waals surface area contributed by atoms with Gasteiger partial charge in [0.2, 0.25) is 0 Å². The Bertz CT molecular complexity index is 761. The van der Waals surface area contributed by atoms with Gasteiger partial charge in [-0.25, -0.2) is 5.11 Å². The zero-order valence-electron chi connectivity index (χ0n) is 14.4. The summed E-state index contributed by atoms with van der Waals surface area (Å²) in [6.07, 6.45) is 6.17. The van der Waals surface area contributed by atoms with E-state index in [1.165, 1.54) is 5.56 Å². The van der Waals surface area contributed by atoms with Gasteiger partial charge >= 0.3 is 0 Å². The Morgan fingerprint density at radius 1 is 1.40 bits per heavy atom. The number of hydrogen-bond donors (Lipinski definition) is 2. The highest BCUT2D eigenvalue weighted by molar-refractivity contribution is 5.64. The highest BCUT2D eigenvalue weighted by Crippen LogP contribution is 2.62. The lowest BCUT2D eigenvalue weighted by atomic mass is 9.53. The number of aryl methyl sites for hydroxylation is 1. The van der Waals surface area contributed by atoms with Crippen molar-refractivity contribution in [1.82, 2.24) is 4.90 Å². The van der Waals surface area contributed by atoms with E-state index in [2.05, 4.69) is 18.0 Å². The average Bonchev–Trinajstić information content (AvgIpc) is 2.95. The van der Waals surface area contributed by atoms with Crippen molar-refractivity contribution >= 4 is 0 Å². The first-order chi connectivity index (χ1) is 12.1. The first-order valence-corrected chi connectivity index (χ1v) is 9.27. The molecule has 2 aliphatic heterocycles. The summed E-state index contributed by atoms with van der Waals surface area (Å²) in [5.74, 6) is 1.02. The summed E-state index contributed by atoms with van der Waals surface area (Å²) >= 11 is 0. The predicted octanol–water partition coefficient (Wildman–Crippen LogP) is 1.56. The van der Waals surface area contributed by atoms with E-state index in [0.29, 0.717) is 30.6 Å². The van der Waals surface area contributed by atoms with Gasteiger partial charge in [-0.2, -0.15) is 0 Å². The van der Waals surface area contributed by atoms with Crippen molar-refractivity contribution in [3.8, 4) is 11.5 Å². The third kappa shape index (κ3) is 1.84. The number of phenolic OH excluding ortho intramolecular Hbond substituents is 1. The third-order valence-electron chi connectivity index (χ3n) is 6.96. The fourth-order valence-corrected chi connectivity index (χ4v) is 5.88. The SMILES string of the molecule is CN1CC[C@]23c4c5c(CCC[O])cc(O)c4O[C@H]2[C@@H](O)C=C[C@H]3[C@H]1C5. The van der Waals surface area contributed by atoms with Crippen LogP contribution in [-0.4, -0.2) is 53.6 Å². The number of hydrogen-bond acceptors (Lipinski definition) is 4. The van der Waals surface area contributed by atoms with Crippen molar-refractivity contribution in [3.63, 3.8) is 0 Å². The number of piperidine rings is 1. The van der Waals surface area contributed by atoms with Crippen LogP contribution in [0.15, 0.2) is 18.2 Å². The smallest absolute Gasteiger partial charge is 0.165 e. The lowest BCUT2D eigenvalue weighted by Crippen LogP contribution is -2.64. The summed E-state index contributed by atoms with van der Waals surface area (Å²) in [6, 6.07) is 2.16. The highest BCUT2D eigenvalue weighted by atomic mass is 16.5. The number of rotatable bonds is 3. The number of likely N-dealkylation sites (tertiary alicyclic amines) is 1. The fourth-order valence-electron chi connectivity index (χ4n) is 5.88. The molecule has 0 amide bonds. The Morgan fingerprint density at radius 3 is 3.04 bits per heavy atom. The second-order valence-electron chi connectivity index (χ2n) is 8.03. The van der Waals surface area contributed by atoms with Crippen molar-refractivity contribution in [3.05, 3.63) is 34.9 Å². The molecule has 2 bridgehead atoms. The fraction of sp³-hybridized carbons (Fsp3) is 0.600. The van der Waals surface area contributed by atoms with E-state index in [1.807, 2.05) is 6.08 Å². The summed E-state index contributed by atoms with van der Waals surface area (Å²) in [5, 5.41) is 32.2. The standard InChI is InChI=1S/C20H24NO4/c1-21-7-6-20-13-4-5-15(23)19(20)25-18-16(24)9-11(3-2-8-22)12(17(18)20)10-14(13)21/h4-5,9,13-15,19,23-24H,2-3,6-8,10H2,1H3/t13-,14+,15-,19-,20-/m0/s1. The molecule has 2 N–H and O–H groups in total. The second kappa shape index (κ2) is 5.22. The van der Waals surface area contributed by atoms with Gasteiger partial charge in [-0.15, -0.1) is 0 Å². The molecule has 1 radical (unpaired) electrons. The van der Waals surface area contributed by atoms with Crippen LogP contribution in [-0.2, 0) is 23.4 Å². The van der Waals surface area contributed by atoms with E-state index < -0.39 is 6.10 Å². The summed E-state index contributed by atoms with van der Waals surface area (Å²) in [5.41, 5.74) is 3.20. The summed E-state index contributed by atoms with van der Waals surface area (Å²) in [7, 11) is 2.17. The molecule has 5 rings (SSSR count). The van der Waals surface area contributed by atoms with Gasteiger partial charge in [0.05, 0.1) is 6.61 Å². The molecule has 0 unspecified atom stereocenters. The zero-order valence-corrected chi connectivity index (χ0v) is 14.4. The van der Waals surface area contributed by atoms with Crippen LogP contribution in [0.4, 0.5) is 0 Å². The number of aliphatic hydroxyl groups excluding tert-OH is 1. The Hall–Kier alpha value is -1.56. The molecule has 2 heterocycles. The van der Waals surface area contributed by atoms with Gasteiger partial charge in [0.15, 0.2) is 11.5 Å². The van der Waals surface area contributed by atoms with Gasteiger partial charge in [-0.3, -0.25) is 0 Å². The van der Waals surface area contributed by atoms with Crippen LogP contribution >= 0.6 is 0 Å². The zero-order chi connectivity index (χ0) is 17.3. The normalized spacial score (nSPS) is 37.7. The maximum Gasteiger partial charge on any atom is 0.165 e. The second-order valence-corrected chi connectivity index (χ2v) is 8.03. The molecule has 133 valence electrons. The largest absolute Gasteiger partial charge is 0.504 e. The number of phenols is 1. The molecule has 2 aliphatic carbocycles. The summed E-state index contributed by atoms with van der Waals surface area (Å²) in [6.45, 7) is 0.862. The van der Waals surface area contributed by atoms with E-state index in [4.69, 9.17) is 4.74 Å². The van der Waals surface area contributed by atoms with Crippen LogP contribution in [0, 0.1) is 5.92 Å². The van der Waals surface area contributed by atoms with Gasteiger partial charge in [-0.1, -0.05) is 12.2 Å². The van der Waals surface area contributed by atoms with E-state index in [1.54, 1.807) is 6.07 Å². The molecular weight excluding hydrogens is 318 g/mol. The molecular formula is C20H24NO4. The Labute approximate surface area is 147 Å². The Morgan fingerprint density at radius 2 is 2.24 bits per heavy atom. The number of nitrogens with zero attached hydrogens (tertiary/aromatic N) is 1. The predicted molar refractivity (Wildman–Crippen MR) is 91.5 cm³/mol. The molecule has 1 aromatic carbocycles. The van der Waals surface area contributed by atoms with E-state index in [9.17, 15) is 15.3 Å². The minimum Gasteiger partial charge on any atom is -0.504 e. The minimum absolute atomic E-state index is 0.102. The van der Waals surface area contributed by atoms with Crippen LogP contribution in [0.2, 0.25) is 0 Å². The molecule has 4 aliphatic rings. The monoisotopic (exact) mass is 342 g/mol. The first kappa shape index (κ1) is 15.7. The van der Waals surface area contributed by atoms with Crippen molar-refractivity contribution in [2.75, 3.05) is 20.2 Å². The average molecular weight is 342 g/mol. The van der Waals surface area contributed by atoms with E-state index in [-0.39, 0.29) is 23.9 Å². The topological polar surface area (TPSA) is 72.8 Å². The molecule has 1 spiro atoms. The van der Waals surface area contributed by atoms with Gasteiger partial charge in [-0.05, 0) is 56.5 Å². The first-order valence-electron chi connectivity index (χ1n) is 9.27. The maximum absolute atomic E-state index is 11.0. The lowest BCUT2D eigenvalue weighted by molar-refractivity contribution is -0.0454. The number of aliphatic hydroxyl groups is 1. The summed E-state index contributed by atoms with van der Waals surface area (Å²) < 4.78 is 6.18. The third-order valence-corrected chi connectivity index (χ3v) is 6.96. The molecule has 1 saturated heterocycles. The number of aromatic hydroxyl groups is 1.